The Balaban J connectivity index is 1.82. The van der Waals surface area contributed by atoms with Crippen molar-refractivity contribution in [3.63, 3.8) is 0 Å². The maximum absolute atomic E-state index is 12.8. The third kappa shape index (κ3) is 5.51. The van der Waals surface area contributed by atoms with Crippen LogP contribution in [0, 0.1) is 6.92 Å². The highest BCUT2D eigenvalue weighted by Crippen LogP contribution is 2.39. The zero-order valence-electron chi connectivity index (χ0n) is 17.9. The molecule has 0 aliphatic carbocycles. The van der Waals surface area contributed by atoms with Crippen LogP contribution in [0.25, 0.3) is 22.5 Å². The van der Waals surface area contributed by atoms with Crippen LogP contribution in [0.1, 0.15) is 11.1 Å². The molecule has 4 nitrogen and oxygen atoms in total. The highest BCUT2D eigenvalue weighted by atomic mass is 35.5. The van der Waals surface area contributed by atoms with Gasteiger partial charge in [0.15, 0.2) is 0 Å². The second-order valence-electron chi connectivity index (χ2n) is 7.47. The second-order valence-corrected chi connectivity index (χ2v) is 7.85. The largest absolute Gasteiger partial charge is 0.435 e. The zero-order valence-corrected chi connectivity index (χ0v) is 18.6. The Labute approximate surface area is 198 Å². The van der Waals surface area contributed by atoms with Gasteiger partial charge >= 0.3 is 13.2 Å². The first-order valence-corrected chi connectivity index (χ1v) is 10.6. The molecule has 0 bridgehead atoms. The molecule has 1 heterocycles. The first-order chi connectivity index (χ1) is 16.3. The summed E-state index contributed by atoms with van der Waals surface area (Å²) in [6.07, 6.45) is 0. The summed E-state index contributed by atoms with van der Waals surface area (Å²) in [5, 5.41) is 4.87. The first-order valence-electron chi connectivity index (χ1n) is 10.2. The van der Waals surface area contributed by atoms with E-state index < -0.39 is 13.2 Å². The number of hydrogen-bond acceptors (Lipinski definition) is 3. The van der Waals surface area contributed by atoms with Gasteiger partial charge in [0, 0.05) is 11.1 Å². The molecule has 9 heteroatoms. The maximum atomic E-state index is 12.8. The molecule has 0 saturated heterocycles. The Morgan fingerprint density at radius 1 is 0.824 bits per heavy atom. The molecule has 0 saturated carbocycles. The van der Waals surface area contributed by atoms with E-state index in [0.717, 1.165) is 11.1 Å². The third-order valence-corrected chi connectivity index (χ3v) is 5.37. The Hall–Kier alpha value is -3.52. The fourth-order valence-corrected chi connectivity index (χ4v) is 3.87. The van der Waals surface area contributed by atoms with Crippen molar-refractivity contribution in [2.45, 2.75) is 26.7 Å². The minimum Gasteiger partial charge on any atom is -0.435 e. The number of nitrogens with zero attached hydrogens (tertiary/aromatic N) is 2. The molecule has 0 unspecified atom stereocenters. The number of hydrogen-bond donors (Lipinski definition) is 0. The second kappa shape index (κ2) is 10.2. The van der Waals surface area contributed by atoms with Crippen LogP contribution in [0.15, 0.2) is 72.8 Å². The van der Waals surface area contributed by atoms with Crippen LogP contribution >= 0.6 is 11.6 Å². The summed E-state index contributed by atoms with van der Waals surface area (Å²) < 4.78 is 61.6. The van der Waals surface area contributed by atoms with Gasteiger partial charge in [0.05, 0.1) is 17.3 Å². The molecule has 34 heavy (non-hydrogen) atoms. The summed E-state index contributed by atoms with van der Waals surface area (Å²) in [5.41, 5.74) is 3.81. The molecule has 0 N–H and O–H groups in total. The molecule has 3 aromatic carbocycles. The number of halogens is 5. The molecular formula is C25H19ClF4N2O2. The van der Waals surface area contributed by atoms with Crippen LogP contribution in [0.5, 0.6) is 11.5 Å². The van der Waals surface area contributed by atoms with Gasteiger partial charge in [-0.3, -0.25) is 4.68 Å². The highest BCUT2D eigenvalue weighted by molar-refractivity contribution is 6.35. The topological polar surface area (TPSA) is 36.3 Å². The molecule has 4 rings (SSSR count). The summed E-state index contributed by atoms with van der Waals surface area (Å²) in [4.78, 5) is 0. The predicted octanol–water partition coefficient (Wildman–Crippen LogP) is 7.43. The lowest BCUT2D eigenvalue weighted by Gasteiger charge is -2.10. The van der Waals surface area contributed by atoms with Crippen LogP contribution in [-0.2, 0) is 6.54 Å². The maximum Gasteiger partial charge on any atom is 0.387 e. The normalized spacial score (nSPS) is 11.3. The van der Waals surface area contributed by atoms with E-state index in [1.54, 1.807) is 28.9 Å². The van der Waals surface area contributed by atoms with E-state index in [2.05, 4.69) is 14.6 Å². The lowest BCUT2D eigenvalue weighted by atomic mass is 10.1. The van der Waals surface area contributed by atoms with E-state index in [9.17, 15) is 17.6 Å². The molecule has 176 valence electrons. The molecule has 4 aromatic rings. The number of aryl methyl sites for hydroxylation is 1. The van der Waals surface area contributed by atoms with E-state index in [1.807, 2.05) is 31.2 Å². The monoisotopic (exact) mass is 490 g/mol. The van der Waals surface area contributed by atoms with E-state index in [-0.39, 0.29) is 16.5 Å². The van der Waals surface area contributed by atoms with Crippen molar-refractivity contribution >= 4 is 11.6 Å². The van der Waals surface area contributed by atoms with E-state index in [4.69, 9.17) is 11.6 Å². The molecule has 1 aromatic heterocycles. The highest BCUT2D eigenvalue weighted by Gasteiger charge is 2.21. The van der Waals surface area contributed by atoms with Crippen LogP contribution in [0.3, 0.4) is 0 Å². The fraction of sp³-hybridized carbons (Fsp3) is 0.160. The predicted molar refractivity (Wildman–Crippen MR) is 122 cm³/mol. The number of alkyl halides is 4. The Morgan fingerprint density at radius 2 is 1.38 bits per heavy atom. The molecule has 0 aliphatic rings. The molecule has 0 atom stereocenters. The molecule has 0 aliphatic heterocycles. The van der Waals surface area contributed by atoms with Gasteiger partial charge in [-0.2, -0.15) is 22.7 Å². The van der Waals surface area contributed by atoms with Crippen LogP contribution in [0.2, 0.25) is 5.02 Å². The quantitative estimate of drug-likeness (QED) is 0.241. The van der Waals surface area contributed by atoms with Gasteiger partial charge in [-0.25, -0.2) is 0 Å². The molecule has 0 spiro atoms. The Kier molecular flexibility index (Phi) is 7.07. The smallest absolute Gasteiger partial charge is 0.387 e. The lowest BCUT2D eigenvalue weighted by molar-refractivity contribution is -0.0505. The molecule has 0 amide bonds. The van der Waals surface area contributed by atoms with E-state index in [0.29, 0.717) is 29.1 Å². The van der Waals surface area contributed by atoms with Gasteiger partial charge in [-0.05, 0) is 36.8 Å². The zero-order chi connectivity index (χ0) is 24.2. The van der Waals surface area contributed by atoms with Gasteiger partial charge in [0.1, 0.15) is 17.2 Å². The van der Waals surface area contributed by atoms with Crippen molar-refractivity contribution in [3.8, 4) is 34.0 Å². The summed E-state index contributed by atoms with van der Waals surface area (Å²) in [6, 6.07) is 20.0. The number of aromatic nitrogens is 2. The molecular weight excluding hydrogens is 472 g/mol. The summed E-state index contributed by atoms with van der Waals surface area (Å²) in [7, 11) is 0. The van der Waals surface area contributed by atoms with Crippen molar-refractivity contribution in [3.05, 3.63) is 88.9 Å². The van der Waals surface area contributed by atoms with Gasteiger partial charge in [0.2, 0.25) is 0 Å². The number of benzene rings is 3. The Bertz CT molecular complexity index is 1280. The first kappa shape index (κ1) is 23.6. The van der Waals surface area contributed by atoms with Crippen LogP contribution in [0.4, 0.5) is 17.6 Å². The Morgan fingerprint density at radius 3 is 1.97 bits per heavy atom. The molecule has 0 fully saturated rings. The van der Waals surface area contributed by atoms with Crippen molar-refractivity contribution in [2.75, 3.05) is 0 Å². The van der Waals surface area contributed by atoms with Crippen LogP contribution in [-0.4, -0.2) is 23.0 Å². The number of ether oxygens (including phenoxy) is 2. The van der Waals surface area contributed by atoms with E-state index in [1.165, 1.54) is 24.3 Å². The molecule has 0 radical (unpaired) electrons. The standard InChI is InChI=1S/C25H19ClF4N2O2/c1-15-8-10-16(11-9-15)14-32-23(18-5-3-7-20(13-18)34-25(29)30)21(26)22(31-32)17-4-2-6-19(12-17)33-24(27)28/h2-13,24-25H,14H2,1H3. The summed E-state index contributed by atoms with van der Waals surface area (Å²) >= 11 is 6.74. The summed E-state index contributed by atoms with van der Waals surface area (Å²) in [5.74, 6) is -0.0638. The SMILES string of the molecule is Cc1ccc(Cn2nc(-c3cccc(OC(F)F)c3)c(Cl)c2-c2cccc(OC(F)F)c2)cc1. The average molecular weight is 491 g/mol. The van der Waals surface area contributed by atoms with Gasteiger partial charge in [0.25, 0.3) is 0 Å². The van der Waals surface area contributed by atoms with Crippen molar-refractivity contribution < 1.29 is 27.0 Å². The average Bonchev–Trinajstić information content (AvgIpc) is 3.10. The van der Waals surface area contributed by atoms with Gasteiger partial charge < -0.3 is 9.47 Å². The van der Waals surface area contributed by atoms with Gasteiger partial charge in [-0.15, -0.1) is 0 Å². The van der Waals surface area contributed by atoms with Crippen molar-refractivity contribution in [1.29, 1.82) is 0 Å². The summed E-state index contributed by atoms with van der Waals surface area (Å²) in [6.45, 7) is -3.64. The third-order valence-electron chi connectivity index (χ3n) is 5.01. The fourth-order valence-electron chi connectivity index (χ4n) is 3.52. The minimum atomic E-state index is -2.98. The van der Waals surface area contributed by atoms with Crippen LogP contribution < -0.4 is 9.47 Å². The van der Waals surface area contributed by atoms with Crippen molar-refractivity contribution in [1.82, 2.24) is 9.78 Å². The van der Waals surface area contributed by atoms with Gasteiger partial charge in [-0.1, -0.05) is 65.7 Å². The van der Waals surface area contributed by atoms with E-state index >= 15 is 0 Å². The number of rotatable bonds is 8. The minimum absolute atomic E-state index is 0.0273. The van der Waals surface area contributed by atoms with Crippen molar-refractivity contribution in [2.24, 2.45) is 0 Å². The lowest BCUT2D eigenvalue weighted by Crippen LogP contribution is -2.05.